The topological polar surface area (TPSA) is 32.3 Å². The Bertz CT molecular complexity index is 289. The van der Waals surface area contributed by atoms with Crippen molar-refractivity contribution in [3.05, 3.63) is 0 Å². The van der Waals surface area contributed by atoms with E-state index in [0.29, 0.717) is 4.75 Å². The van der Waals surface area contributed by atoms with Crippen LogP contribution < -0.4 is 5.32 Å². The van der Waals surface area contributed by atoms with E-state index in [-0.39, 0.29) is 18.1 Å². The van der Waals surface area contributed by atoms with Gasteiger partial charge in [0.25, 0.3) is 0 Å². The predicted molar refractivity (Wildman–Crippen MR) is 73.1 cm³/mol. The first-order chi connectivity index (χ1) is 8.08. The Balaban J connectivity index is 2.05. The van der Waals surface area contributed by atoms with Crippen molar-refractivity contribution in [3.8, 4) is 0 Å². The van der Waals surface area contributed by atoms with Gasteiger partial charge in [0.05, 0.1) is 12.2 Å². The Labute approximate surface area is 109 Å². The number of carbonyl (C=O) groups excluding carboxylic acids is 1. The van der Waals surface area contributed by atoms with E-state index in [4.69, 9.17) is 0 Å². The molecular weight excluding hydrogens is 232 g/mol. The van der Waals surface area contributed by atoms with Gasteiger partial charge in [-0.05, 0) is 32.9 Å². The van der Waals surface area contributed by atoms with Crippen LogP contribution in [0.4, 0.5) is 0 Å². The van der Waals surface area contributed by atoms with Gasteiger partial charge in [0.15, 0.2) is 0 Å². The highest BCUT2D eigenvalue weighted by Crippen LogP contribution is 2.39. The lowest BCUT2D eigenvalue weighted by atomic mass is 9.87. The zero-order chi connectivity index (χ0) is 12.5. The molecular formula is C13H24N2OS. The normalized spacial score (nSPS) is 33.1. The lowest BCUT2D eigenvalue weighted by molar-refractivity contribution is -0.130. The number of hydrogen-bond acceptors (Lipinski definition) is 3. The van der Waals surface area contributed by atoms with Crippen LogP contribution in [-0.2, 0) is 4.79 Å². The number of nitrogens with zero attached hydrogens (tertiary/aromatic N) is 1. The quantitative estimate of drug-likeness (QED) is 0.840. The van der Waals surface area contributed by atoms with Crippen LogP contribution in [0.3, 0.4) is 0 Å². The molecule has 0 spiro atoms. The third-order valence-corrected chi connectivity index (χ3v) is 5.67. The fourth-order valence-electron chi connectivity index (χ4n) is 3.11. The van der Waals surface area contributed by atoms with Gasteiger partial charge in [-0.3, -0.25) is 10.1 Å². The summed E-state index contributed by atoms with van der Waals surface area (Å²) in [6.07, 6.45) is 8.93. The van der Waals surface area contributed by atoms with Crippen LogP contribution in [0.5, 0.6) is 0 Å². The highest BCUT2D eigenvalue weighted by molar-refractivity contribution is 8.00. The fraction of sp³-hybridized carbons (Fsp3) is 0.923. The molecule has 0 aromatic rings. The molecule has 2 rings (SSSR count). The summed E-state index contributed by atoms with van der Waals surface area (Å²) < 4.78 is 0.313. The molecule has 0 aromatic carbocycles. The predicted octanol–water partition coefficient (Wildman–Crippen LogP) is 2.22. The minimum absolute atomic E-state index is 0.00695. The van der Waals surface area contributed by atoms with Gasteiger partial charge in [-0.15, -0.1) is 0 Å². The molecule has 17 heavy (non-hydrogen) atoms. The van der Waals surface area contributed by atoms with Gasteiger partial charge >= 0.3 is 0 Å². The minimum atomic E-state index is -0.00695. The molecule has 1 aliphatic carbocycles. The highest BCUT2D eigenvalue weighted by atomic mass is 32.2. The monoisotopic (exact) mass is 256 g/mol. The van der Waals surface area contributed by atoms with Crippen molar-refractivity contribution in [2.75, 3.05) is 12.8 Å². The van der Waals surface area contributed by atoms with Gasteiger partial charge in [-0.2, -0.15) is 11.8 Å². The number of nitrogens with one attached hydrogen (secondary N) is 1. The van der Waals surface area contributed by atoms with Crippen LogP contribution in [0, 0.1) is 0 Å². The molecule has 0 aromatic heterocycles. The number of rotatable bonds is 3. The van der Waals surface area contributed by atoms with E-state index < -0.39 is 0 Å². The summed E-state index contributed by atoms with van der Waals surface area (Å²) in [5.74, 6) is 0.275. The van der Waals surface area contributed by atoms with Crippen LogP contribution in [0.2, 0.25) is 0 Å². The Morgan fingerprint density at radius 2 is 2.00 bits per heavy atom. The van der Waals surface area contributed by atoms with E-state index in [0.717, 1.165) is 6.54 Å². The first-order valence-electron chi connectivity index (χ1n) is 6.70. The van der Waals surface area contributed by atoms with Gasteiger partial charge in [0, 0.05) is 11.3 Å². The smallest absolute Gasteiger partial charge is 0.240 e. The molecule has 1 amide bonds. The van der Waals surface area contributed by atoms with E-state index in [1.807, 2.05) is 23.6 Å². The van der Waals surface area contributed by atoms with Crippen molar-refractivity contribution >= 4 is 17.7 Å². The second-order valence-corrected chi connectivity index (χ2v) is 6.75. The molecule has 2 atom stereocenters. The molecule has 3 nitrogen and oxygen atoms in total. The summed E-state index contributed by atoms with van der Waals surface area (Å²) in [7, 11) is 0. The van der Waals surface area contributed by atoms with Crippen molar-refractivity contribution in [1.82, 2.24) is 10.2 Å². The van der Waals surface area contributed by atoms with Crippen molar-refractivity contribution in [1.29, 1.82) is 0 Å². The third kappa shape index (κ3) is 2.63. The average Bonchev–Trinajstić information content (AvgIpc) is 2.57. The van der Waals surface area contributed by atoms with Crippen LogP contribution in [0.1, 0.15) is 46.0 Å². The van der Waals surface area contributed by atoms with Crippen LogP contribution >= 0.6 is 11.8 Å². The van der Waals surface area contributed by atoms with Gasteiger partial charge in [-0.25, -0.2) is 0 Å². The zero-order valence-corrected chi connectivity index (χ0v) is 12.0. The molecule has 1 aliphatic heterocycles. The molecule has 4 heteroatoms. The molecule has 98 valence electrons. The first kappa shape index (κ1) is 13.2. The molecule has 1 saturated heterocycles. The molecule has 2 fully saturated rings. The van der Waals surface area contributed by atoms with E-state index in [9.17, 15) is 4.79 Å². The molecule has 1 N–H and O–H groups in total. The summed E-state index contributed by atoms with van der Waals surface area (Å²) in [4.78, 5) is 14.1. The molecule has 2 unspecified atom stereocenters. The van der Waals surface area contributed by atoms with E-state index in [1.165, 1.54) is 32.1 Å². The van der Waals surface area contributed by atoms with Crippen molar-refractivity contribution in [2.24, 2.45) is 0 Å². The number of amides is 1. The maximum atomic E-state index is 12.1. The summed E-state index contributed by atoms with van der Waals surface area (Å²) in [6, 6.07) is -0.00695. The maximum Gasteiger partial charge on any atom is 0.240 e. The lowest BCUT2D eigenvalue weighted by Crippen LogP contribution is -2.46. The maximum absolute atomic E-state index is 12.1. The fourth-order valence-corrected chi connectivity index (χ4v) is 4.08. The minimum Gasteiger partial charge on any atom is -0.325 e. The number of hydrogen-bond donors (Lipinski definition) is 1. The van der Waals surface area contributed by atoms with E-state index in [1.54, 1.807) is 0 Å². The van der Waals surface area contributed by atoms with Gasteiger partial charge in [0.1, 0.15) is 0 Å². The van der Waals surface area contributed by atoms with Crippen LogP contribution in [-0.4, -0.2) is 40.6 Å². The SMILES string of the molecule is CSC1(CN2C(=O)C(C)NC2C)CCCCC1. The Morgan fingerprint density at radius 3 is 2.47 bits per heavy atom. The average molecular weight is 256 g/mol. The highest BCUT2D eigenvalue weighted by Gasteiger charge is 2.40. The second-order valence-electron chi connectivity index (χ2n) is 5.48. The van der Waals surface area contributed by atoms with Gasteiger partial charge in [0.2, 0.25) is 5.91 Å². The molecule has 0 radical (unpaired) electrons. The molecule has 1 saturated carbocycles. The zero-order valence-electron chi connectivity index (χ0n) is 11.2. The first-order valence-corrected chi connectivity index (χ1v) is 7.92. The van der Waals surface area contributed by atoms with Crippen LogP contribution in [0.25, 0.3) is 0 Å². The Hall–Kier alpha value is -0.220. The molecule has 2 aliphatic rings. The van der Waals surface area contributed by atoms with Crippen molar-refractivity contribution < 1.29 is 4.79 Å². The van der Waals surface area contributed by atoms with E-state index >= 15 is 0 Å². The number of thioether (sulfide) groups is 1. The second kappa shape index (κ2) is 5.19. The van der Waals surface area contributed by atoms with Crippen molar-refractivity contribution in [2.45, 2.75) is 62.9 Å². The Morgan fingerprint density at radius 1 is 1.35 bits per heavy atom. The molecule has 0 bridgehead atoms. The summed E-state index contributed by atoms with van der Waals surface area (Å²) in [6.45, 7) is 4.98. The standard InChI is InChI=1S/C13H24N2OS/c1-10-12(16)15(11(2)14-10)9-13(17-3)7-5-4-6-8-13/h10-11,14H,4-9H2,1-3H3. The number of carbonyl (C=O) groups is 1. The van der Waals surface area contributed by atoms with Crippen LogP contribution in [0.15, 0.2) is 0 Å². The van der Waals surface area contributed by atoms with Crippen molar-refractivity contribution in [3.63, 3.8) is 0 Å². The largest absolute Gasteiger partial charge is 0.325 e. The van der Waals surface area contributed by atoms with E-state index in [2.05, 4.69) is 18.5 Å². The van der Waals surface area contributed by atoms with Gasteiger partial charge < -0.3 is 4.90 Å². The Kier molecular flexibility index (Phi) is 4.03. The molecule has 1 heterocycles. The van der Waals surface area contributed by atoms with Gasteiger partial charge in [-0.1, -0.05) is 19.3 Å². The summed E-state index contributed by atoms with van der Waals surface area (Å²) in [5.41, 5.74) is 0. The lowest BCUT2D eigenvalue weighted by Gasteiger charge is -2.39. The summed E-state index contributed by atoms with van der Waals surface area (Å²) >= 11 is 1.96. The summed E-state index contributed by atoms with van der Waals surface area (Å²) in [5, 5.41) is 3.31. The third-order valence-electron chi connectivity index (χ3n) is 4.27.